The lowest BCUT2D eigenvalue weighted by molar-refractivity contribution is 1.05. The first-order valence-corrected chi connectivity index (χ1v) is 27.1. The molecule has 11 aromatic carbocycles. The van der Waals surface area contributed by atoms with Crippen molar-refractivity contribution in [2.75, 3.05) is 0 Å². The summed E-state index contributed by atoms with van der Waals surface area (Å²) in [4.78, 5) is 16.3. The van der Waals surface area contributed by atoms with Crippen LogP contribution in [0.1, 0.15) is 0 Å². The van der Waals surface area contributed by atoms with Crippen molar-refractivity contribution < 1.29 is 0 Å². The largest absolute Gasteiger partial charge is 0.309 e. The topological polar surface area (TPSA) is 35.6 Å². The fourth-order valence-electron chi connectivity index (χ4n) is 11.3. The number of aromatic nitrogens is 4. The van der Waals surface area contributed by atoms with E-state index in [4.69, 9.17) is 9.97 Å². The fourth-order valence-corrected chi connectivity index (χ4v) is 15.2. The normalized spacial score (nSPS) is 11.9. The van der Waals surface area contributed by atoms with Crippen LogP contribution in [0, 0.1) is 0 Å². The molecule has 0 fully saturated rings. The van der Waals surface area contributed by atoms with Gasteiger partial charge in [0, 0.05) is 64.0 Å². The van der Waals surface area contributed by atoms with Crippen LogP contribution in [0.4, 0.5) is 0 Å². The van der Waals surface area contributed by atoms with Crippen LogP contribution in [0.5, 0.6) is 0 Å². The van der Waals surface area contributed by atoms with Gasteiger partial charge < -0.3 is 4.57 Å². The monoisotopic (exact) mass is 976 g/mol. The Hall–Kier alpha value is -9.55. The van der Waals surface area contributed by atoms with Gasteiger partial charge in [-0.1, -0.05) is 182 Å². The van der Waals surface area contributed by atoms with Gasteiger partial charge in [-0.3, -0.25) is 4.57 Å². The van der Waals surface area contributed by atoms with Crippen molar-refractivity contribution in [1.82, 2.24) is 19.1 Å². The minimum atomic E-state index is -2.00. The summed E-state index contributed by atoms with van der Waals surface area (Å²) in [5, 5.41) is 4.77. The fraction of sp³-hybridized carbons (Fsp3) is 0. The second-order valence-corrected chi connectivity index (χ2v) is 22.1. The van der Waals surface area contributed by atoms with Crippen molar-refractivity contribution in [1.29, 1.82) is 0 Å². The highest BCUT2D eigenvalue weighted by atomic mass is 32.3. The van der Waals surface area contributed by atoms with E-state index >= 15 is 0 Å². The Morgan fingerprint density at radius 1 is 0.253 bits per heavy atom. The molecule has 5 heteroatoms. The van der Waals surface area contributed by atoms with Crippen molar-refractivity contribution in [2.45, 2.75) is 19.6 Å². The highest BCUT2D eigenvalue weighted by Gasteiger charge is 2.33. The lowest BCUT2D eigenvalue weighted by Gasteiger charge is -2.42. The molecule has 3 aromatic heterocycles. The van der Waals surface area contributed by atoms with Crippen molar-refractivity contribution in [3.05, 3.63) is 291 Å². The predicted molar refractivity (Wildman–Crippen MR) is 312 cm³/mol. The molecule has 354 valence electrons. The molecule has 0 bridgehead atoms. The number of hydrogen-bond acceptors (Lipinski definition) is 2. The van der Waals surface area contributed by atoms with Crippen LogP contribution in [-0.2, 0) is 0 Å². The molecular formula is C70H48N4S. The summed E-state index contributed by atoms with van der Waals surface area (Å²) in [6.07, 6.45) is 0. The number of benzene rings is 11. The van der Waals surface area contributed by atoms with Crippen LogP contribution >= 0.6 is 10.0 Å². The summed E-state index contributed by atoms with van der Waals surface area (Å²) in [5.74, 6) is 1.43. The van der Waals surface area contributed by atoms with Crippen LogP contribution in [0.25, 0.3) is 100 Å². The predicted octanol–water partition coefficient (Wildman–Crippen LogP) is 18.7. The Morgan fingerprint density at radius 2 is 0.667 bits per heavy atom. The summed E-state index contributed by atoms with van der Waals surface area (Å²) in [7, 11) is -2.00. The lowest BCUT2D eigenvalue weighted by atomic mass is 9.95. The van der Waals surface area contributed by atoms with E-state index in [1.165, 1.54) is 41.4 Å². The van der Waals surface area contributed by atoms with Gasteiger partial charge in [0.1, 0.15) is 5.82 Å². The molecule has 0 saturated carbocycles. The zero-order chi connectivity index (χ0) is 49.7. The van der Waals surface area contributed by atoms with Gasteiger partial charge in [-0.2, -0.15) is 0 Å². The van der Waals surface area contributed by atoms with Gasteiger partial charge in [0.25, 0.3) is 0 Å². The summed E-state index contributed by atoms with van der Waals surface area (Å²) in [6, 6.07) is 105. The van der Waals surface area contributed by atoms with Gasteiger partial charge in [0.15, 0.2) is 5.82 Å². The molecule has 0 unspecified atom stereocenters. The molecule has 4 nitrogen and oxygen atoms in total. The van der Waals surface area contributed by atoms with Crippen LogP contribution < -0.4 is 0 Å². The van der Waals surface area contributed by atoms with E-state index in [-0.39, 0.29) is 0 Å². The zero-order valence-corrected chi connectivity index (χ0v) is 41.7. The first-order chi connectivity index (χ1) is 37.2. The Bertz CT molecular complexity index is 4190. The maximum absolute atomic E-state index is 5.68. The van der Waals surface area contributed by atoms with Crippen molar-refractivity contribution >= 4 is 53.6 Å². The van der Waals surface area contributed by atoms with E-state index in [0.29, 0.717) is 5.82 Å². The van der Waals surface area contributed by atoms with E-state index in [1.807, 2.05) is 0 Å². The third-order valence-corrected chi connectivity index (χ3v) is 18.5. The van der Waals surface area contributed by atoms with Gasteiger partial charge in [0.05, 0.1) is 27.8 Å². The smallest absolute Gasteiger partial charge is 0.162 e. The first-order valence-electron chi connectivity index (χ1n) is 25.5. The zero-order valence-electron chi connectivity index (χ0n) is 40.9. The van der Waals surface area contributed by atoms with Crippen LogP contribution in [-0.4, -0.2) is 19.1 Å². The Labute approximate surface area is 437 Å². The quantitative estimate of drug-likeness (QED) is 0.137. The number of para-hydroxylation sites is 3. The molecule has 0 saturated heterocycles. The summed E-state index contributed by atoms with van der Waals surface area (Å²) >= 11 is 0. The van der Waals surface area contributed by atoms with Crippen molar-refractivity contribution in [2.24, 2.45) is 0 Å². The van der Waals surface area contributed by atoms with E-state index in [1.54, 1.807) is 0 Å². The first kappa shape index (κ1) is 44.2. The van der Waals surface area contributed by atoms with Crippen LogP contribution in [0.15, 0.2) is 311 Å². The molecule has 75 heavy (non-hydrogen) atoms. The third kappa shape index (κ3) is 7.55. The molecule has 0 amide bonds. The number of hydrogen-bond donors (Lipinski definition) is 0. The molecule has 0 aliphatic rings. The van der Waals surface area contributed by atoms with Crippen LogP contribution in [0.3, 0.4) is 0 Å². The average molecular weight is 977 g/mol. The minimum Gasteiger partial charge on any atom is -0.309 e. The van der Waals surface area contributed by atoms with E-state index < -0.39 is 10.0 Å². The number of fused-ring (bicyclic) bond motifs is 6. The average Bonchev–Trinajstić information content (AvgIpc) is 4.03. The molecule has 14 rings (SSSR count). The van der Waals surface area contributed by atoms with Gasteiger partial charge in [-0.25, -0.2) is 9.97 Å². The maximum Gasteiger partial charge on any atom is 0.162 e. The Morgan fingerprint density at radius 3 is 1.20 bits per heavy atom. The molecule has 0 N–H and O–H groups in total. The third-order valence-electron chi connectivity index (χ3n) is 14.6. The molecule has 0 spiro atoms. The highest BCUT2D eigenvalue weighted by molar-refractivity contribution is 8.34. The second-order valence-electron chi connectivity index (χ2n) is 19.0. The summed E-state index contributed by atoms with van der Waals surface area (Å²) < 4.78 is 4.74. The summed E-state index contributed by atoms with van der Waals surface area (Å²) in [5.41, 5.74) is 12.9. The minimum absolute atomic E-state index is 0.644. The number of nitrogens with zero attached hydrogens (tertiary/aromatic N) is 4. The van der Waals surface area contributed by atoms with E-state index in [9.17, 15) is 0 Å². The standard InChI is InChI=1S/C70H48N4S/c1-6-23-49(24-7-1)52-43-53(50-25-8-2-9-26-50)45-54(44-52)64-48-69(74-67-40-21-18-37-62(67)63-47-55(41-42-68(63)74)73-65-38-19-16-35-60(65)61-36-17-20-39-66(61)73)72-70(71-64)51-27-22-34-59(46-51)75(56-28-10-3-11-29-56,57-30-12-4-13-31-57)58-32-14-5-15-33-58/h1-48H. The maximum atomic E-state index is 5.68. The molecule has 3 heterocycles. The molecule has 0 aliphatic heterocycles. The molecule has 0 radical (unpaired) electrons. The van der Waals surface area contributed by atoms with Crippen molar-refractivity contribution in [3.8, 4) is 56.4 Å². The van der Waals surface area contributed by atoms with Gasteiger partial charge >= 0.3 is 0 Å². The second kappa shape index (κ2) is 18.5. The SMILES string of the molecule is c1ccc(-c2cc(-c3ccccc3)cc(-c3cc(-n4c5ccccc5c5cc(-n6c7ccccc7c7ccccc76)ccc54)nc(-c4cccc(S(c5ccccc5)(c5ccccc5)c5ccccc5)c4)n3)c2)cc1. The Balaban J connectivity index is 1.03. The highest BCUT2D eigenvalue weighted by Crippen LogP contribution is 2.73. The molecular weight excluding hydrogens is 929 g/mol. The van der Waals surface area contributed by atoms with Crippen molar-refractivity contribution in [3.63, 3.8) is 0 Å². The molecule has 0 aliphatic carbocycles. The molecule has 0 atom stereocenters. The molecule has 14 aromatic rings. The van der Waals surface area contributed by atoms with Crippen LogP contribution in [0.2, 0.25) is 0 Å². The van der Waals surface area contributed by atoms with Gasteiger partial charge in [0.2, 0.25) is 0 Å². The Kier molecular flexibility index (Phi) is 10.9. The van der Waals surface area contributed by atoms with Gasteiger partial charge in [-0.15, -0.1) is 10.0 Å². The van der Waals surface area contributed by atoms with E-state index in [0.717, 1.165) is 72.4 Å². The number of rotatable bonds is 10. The van der Waals surface area contributed by atoms with E-state index in [2.05, 4.69) is 300 Å². The van der Waals surface area contributed by atoms with Gasteiger partial charge in [-0.05, 0) is 125 Å². The summed E-state index contributed by atoms with van der Waals surface area (Å²) in [6.45, 7) is 0. The lowest BCUT2D eigenvalue weighted by Crippen LogP contribution is -2.06.